The molecule has 0 saturated heterocycles. The van der Waals surface area contributed by atoms with Gasteiger partial charge in [-0.05, 0) is 24.6 Å². The summed E-state index contributed by atoms with van der Waals surface area (Å²) in [4.78, 5) is 23.3. The van der Waals surface area contributed by atoms with Crippen molar-refractivity contribution in [1.29, 1.82) is 0 Å². The van der Waals surface area contributed by atoms with Crippen LogP contribution in [-0.2, 0) is 14.3 Å². The monoisotopic (exact) mass is 300 g/mol. The number of methoxy groups -OCH3 is 2. The van der Waals surface area contributed by atoms with Gasteiger partial charge < -0.3 is 20.5 Å². The third kappa shape index (κ3) is 4.48. The van der Waals surface area contributed by atoms with E-state index in [0.717, 1.165) is 0 Å². The van der Waals surface area contributed by atoms with Crippen LogP contribution < -0.4 is 11.1 Å². The third-order valence-electron chi connectivity index (χ3n) is 2.62. The van der Waals surface area contributed by atoms with Crippen LogP contribution in [0.3, 0.4) is 0 Å². The van der Waals surface area contributed by atoms with Crippen LogP contribution in [0.1, 0.15) is 16.8 Å². The third-order valence-corrected chi connectivity index (χ3v) is 2.94. The van der Waals surface area contributed by atoms with E-state index in [0.29, 0.717) is 23.7 Å². The Kier molecular flexibility index (Phi) is 6.44. The summed E-state index contributed by atoms with van der Waals surface area (Å²) in [7, 11) is 2.80. The molecule has 0 aliphatic heterocycles. The Bertz CT molecular complexity index is 493. The quantitative estimate of drug-likeness (QED) is 0.776. The van der Waals surface area contributed by atoms with Crippen LogP contribution in [0.25, 0.3) is 0 Å². The van der Waals surface area contributed by atoms with Crippen molar-refractivity contribution >= 4 is 29.2 Å². The lowest BCUT2D eigenvalue weighted by molar-refractivity contribution is -0.117. The van der Waals surface area contributed by atoms with E-state index in [1.165, 1.54) is 32.4 Å². The van der Waals surface area contributed by atoms with Gasteiger partial charge in [-0.15, -0.1) is 0 Å². The molecule has 6 nitrogen and oxygen atoms in total. The minimum Gasteiger partial charge on any atom is -0.465 e. The van der Waals surface area contributed by atoms with E-state index < -0.39 is 17.9 Å². The van der Waals surface area contributed by atoms with Crippen LogP contribution in [0.4, 0.5) is 5.69 Å². The van der Waals surface area contributed by atoms with Gasteiger partial charge >= 0.3 is 5.97 Å². The van der Waals surface area contributed by atoms with Crippen molar-refractivity contribution in [2.75, 3.05) is 26.1 Å². The van der Waals surface area contributed by atoms with Gasteiger partial charge in [-0.1, -0.05) is 11.6 Å². The first-order valence-corrected chi connectivity index (χ1v) is 6.30. The lowest BCUT2D eigenvalue weighted by atomic mass is 10.1. The molecule has 1 aromatic carbocycles. The largest absolute Gasteiger partial charge is 0.465 e. The van der Waals surface area contributed by atoms with Crippen molar-refractivity contribution in [2.24, 2.45) is 5.73 Å². The van der Waals surface area contributed by atoms with Gasteiger partial charge in [-0.2, -0.15) is 0 Å². The molecule has 0 heterocycles. The molecule has 7 heteroatoms. The summed E-state index contributed by atoms with van der Waals surface area (Å²) < 4.78 is 9.46. The normalized spacial score (nSPS) is 11.8. The van der Waals surface area contributed by atoms with Gasteiger partial charge in [-0.25, -0.2) is 4.79 Å². The van der Waals surface area contributed by atoms with Gasteiger partial charge in [0.2, 0.25) is 5.91 Å². The zero-order chi connectivity index (χ0) is 15.1. The van der Waals surface area contributed by atoms with Crippen LogP contribution in [0, 0.1) is 0 Å². The highest BCUT2D eigenvalue weighted by Crippen LogP contribution is 2.23. The molecule has 1 rings (SSSR count). The maximum atomic E-state index is 11.9. The number of amides is 1. The summed E-state index contributed by atoms with van der Waals surface area (Å²) in [5.74, 6) is -0.910. The van der Waals surface area contributed by atoms with Crippen molar-refractivity contribution in [3.63, 3.8) is 0 Å². The van der Waals surface area contributed by atoms with E-state index in [9.17, 15) is 9.59 Å². The van der Waals surface area contributed by atoms with E-state index in [1.54, 1.807) is 0 Å². The number of carbonyl (C=O) groups is 2. The first-order chi connectivity index (χ1) is 9.49. The SMILES string of the molecule is COCCC(N)C(=O)Nc1cc(C(=O)OC)ccc1Cl. The van der Waals surface area contributed by atoms with E-state index in [2.05, 4.69) is 10.1 Å². The molecule has 1 amide bonds. The van der Waals surface area contributed by atoms with Crippen molar-refractivity contribution in [3.05, 3.63) is 28.8 Å². The van der Waals surface area contributed by atoms with Crippen LogP contribution in [0.5, 0.6) is 0 Å². The lowest BCUT2D eigenvalue weighted by Gasteiger charge is -2.13. The minimum atomic E-state index is -0.715. The summed E-state index contributed by atoms with van der Waals surface area (Å²) >= 11 is 5.96. The fraction of sp³-hybridized carbons (Fsp3) is 0.385. The number of halogens is 1. The summed E-state index contributed by atoms with van der Waals surface area (Å²) in [5.41, 5.74) is 6.30. The highest BCUT2D eigenvalue weighted by atomic mass is 35.5. The molecule has 0 spiro atoms. The second-order valence-corrected chi connectivity index (χ2v) is 4.47. The van der Waals surface area contributed by atoms with Gasteiger partial charge in [0.15, 0.2) is 0 Å². The maximum absolute atomic E-state index is 11.9. The number of hydrogen-bond acceptors (Lipinski definition) is 5. The molecule has 0 aliphatic rings. The molecule has 0 radical (unpaired) electrons. The van der Waals surface area contributed by atoms with E-state index >= 15 is 0 Å². The molecule has 3 N–H and O–H groups in total. The molecule has 0 aromatic heterocycles. The predicted octanol–water partition coefficient (Wildman–Crippen LogP) is 1.43. The Morgan fingerprint density at radius 3 is 2.70 bits per heavy atom. The molecule has 110 valence electrons. The molecule has 1 unspecified atom stereocenters. The zero-order valence-corrected chi connectivity index (χ0v) is 12.1. The van der Waals surface area contributed by atoms with Gasteiger partial charge in [0.25, 0.3) is 0 Å². The fourth-order valence-corrected chi connectivity index (χ4v) is 1.63. The second-order valence-electron chi connectivity index (χ2n) is 4.06. The molecule has 0 fully saturated rings. The van der Waals surface area contributed by atoms with Crippen molar-refractivity contribution in [1.82, 2.24) is 0 Å². The smallest absolute Gasteiger partial charge is 0.337 e. The molecule has 1 aromatic rings. The van der Waals surface area contributed by atoms with E-state index in [1.807, 2.05) is 0 Å². The molecular weight excluding hydrogens is 284 g/mol. The number of nitrogens with one attached hydrogen (secondary N) is 1. The predicted molar refractivity (Wildman–Crippen MR) is 75.9 cm³/mol. The number of ether oxygens (including phenoxy) is 2. The summed E-state index contributed by atoms with van der Waals surface area (Å²) in [6, 6.07) is 3.74. The van der Waals surface area contributed by atoms with Gasteiger partial charge in [0.05, 0.1) is 29.4 Å². The molecule has 20 heavy (non-hydrogen) atoms. The molecule has 0 aliphatic carbocycles. The summed E-state index contributed by atoms with van der Waals surface area (Å²) in [5, 5.41) is 2.89. The molecule has 1 atom stereocenters. The Hall–Kier alpha value is -1.63. The average Bonchev–Trinajstić information content (AvgIpc) is 2.45. The van der Waals surface area contributed by atoms with E-state index in [4.69, 9.17) is 22.1 Å². The second kappa shape index (κ2) is 7.84. The van der Waals surface area contributed by atoms with Crippen LogP contribution in [-0.4, -0.2) is 38.7 Å². The van der Waals surface area contributed by atoms with Gasteiger partial charge in [-0.3, -0.25) is 4.79 Å². The Labute approximate surface area is 122 Å². The highest BCUT2D eigenvalue weighted by Gasteiger charge is 2.16. The topological polar surface area (TPSA) is 90.6 Å². The first kappa shape index (κ1) is 16.4. The molecule has 0 bridgehead atoms. The zero-order valence-electron chi connectivity index (χ0n) is 11.3. The average molecular weight is 301 g/mol. The fourth-order valence-electron chi connectivity index (χ4n) is 1.47. The van der Waals surface area contributed by atoms with Crippen molar-refractivity contribution < 1.29 is 19.1 Å². The van der Waals surface area contributed by atoms with E-state index in [-0.39, 0.29) is 5.56 Å². The Morgan fingerprint density at radius 1 is 1.40 bits per heavy atom. The van der Waals surface area contributed by atoms with Crippen LogP contribution in [0.15, 0.2) is 18.2 Å². The number of carbonyl (C=O) groups excluding carboxylic acids is 2. The number of benzene rings is 1. The Balaban J connectivity index is 2.80. The molecule has 0 saturated carbocycles. The standard InChI is InChI=1S/C13H17ClN2O4/c1-19-6-5-10(15)12(17)16-11-7-8(13(18)20-2)3-4-9(11)14/h3-4,7,10H,5-6,15H2,1-2H3,(H,16,17). The van der Waals surface area contributed by atoms with Gasteiger partial charge in [0.1, 0.15) is 0 Å². The molecular formula is C13H17ClN2O4. The Morgan fingerprint density at radius 2 is 2.10 bits per heavy atom. The first-order valence-electron chi connectivity index (χ1n) is 5.92. The summed E-state index contributed by atoms with van der Waals surface area (Å²) in [6.07, 6.45) is 0.386. The van der Waals surface area contributed by atoms with Crippen LogP contribution in [0.2, 0.25) is 5.02 Å². The number of esters is 1. The van der Waals surface area contributed by atoms with Crippen LogP contribution >= 0.6 is 11.6 Å². The van der Waals surface area contributed by atoms with Gasteiger partial charge in [0, 0.05) is 13.7 Å². The highest BCUT2D eigenvalue weighted by molar-refractivity contribution is 6.33. The number of hydrogen-bond donors (Lipinski definition) is 2. The number of rotatable bonds is 6. The number of anilines is 1. The van der Waals surface area contributed by atoms with Crippen molar-refractivity contribution in [3.8, 4) is 0 Å². The minimum absolute atomic E-state index is 0.290. The maximum Gasteiger partial charge on any atom is 0.337 e. The van der Waals surface area contributed by atoms with Crippen molar-refractivity contribution in [2.45, 2.75) is 12.5 Å². The number of nitrogens with two attached hydrogens (primary N) is 1. The lowest BCUT2D eigenvalue weighted by Crippen LogP contribution is -2.36. The summed E-state index contributed by atoms with van der Waals surface area (Å²) in [6.45, 7) is 0.379.